The summed E-state index contributed by atoms with van der Waals surface area (Å²) < 4.78 is 65.1. The predicted molar refractivity (Wildman–Crippen MR) is 125 cm³/mol. The first-order chi connectivity index (χ1) is 16.9. The monoisotopic (exact) mass is 538 g/mol. The van der Waals surface area contributed by atoms with Crippen LogP contribution in [0.1, 0.15) is 19.8 Å². The molecule has 0 aromatic heterocycles. The molecule has 36 heavy (non-hydrogen) atoms. The highest BCUT2D eigenvalue weighted by Gasteiger charge is 2.38. The number of carbonyl (C=O) groups is 2. The number of halogens is 3. The van der Waals surface area contributed by atoms with E-state index in [9.17, 15) is 26.4 Å². The second-order valence-electron chi connectivity index (χ2n) is 8.33. The molecule has 2 aliphatic heterocycles. The number of alkyl halides is 3. The lowest BCUT2D eigenvalue weighted by atomic mass is 10.2. The van der Waals surface area contributed by atoms with Gasteiger partial charge >= 0.3 is 12.1 Å². The van der Waals surface area contributed by atoms with Gasteiger partial charge in [-0.25, -0.2) is 13.2 Å². The number of ether oxygens (including phenoxy) is 1. The number of carboxylic acid groups (broad SMARTS) is 1. The van der Waals surface area contributed by atoms with Crippen LogP contribution in [-0.2, 0) is 19.6 Å². The lowest BCUT2D eigenvalue weighted by molar-refractivity contribution is -0.192. The van der Waals surface area contributed by atoms with Gasteiger partial charge in [-0.05, 0) is 50.2 Å². The van der Waals surface area contributed by atoms with E-state index in [1.54, 1.807) is 36.3 Å². The van der Waals surface area contributed by atoms with Gasteiger partial charge in [0.15, 0.2) is 0 Å². The maximum atomic E-state index is 13.4. The molecule has 1 amide bonds. The lowest BCUT2D eigenvalue weighted by Gasteiger charge is -2.32. The standard InChI is InChI=1S/C20H32N4O4S.C2HF3O2/c1-3-22-12-4-5-17(22)15-24(16-20(25)23-13-10-21-11-14-23)29(26,27)19-8-6-18(28-2)7-9-19;3-2(4,5)1(6)7/h6-9,17,21H,3-5,10-16H2,1-2H3;(H,6,7). The van der Waals surface area contributed by atoms with Crippen molar-refractivity contribution < 1.29 is 41.0 Å². The number of amides is 1. The molecule has 0 bridgehead atoms. The average molecular weight is 539 g/mol. The van der Waals surface area contributed by atoms with E-state index in [0.29, 0.717) is 25.4 Å². The molecule has 2 heterocycles. The Morgan fingerprint density at radius 2 is 1.75 bits per heavy atom. The Morgan fingerprint density at radius 1 is 1.17 bits per heavy atom. The molecule has 0 saturated carbocycles. The van der Waals surface area contributed by atoms with Crippen molar-refractivity contribution in [3.05, 3.63) is 24.3 Å². The lowest BCUT2D eigenvalue weighted by Crippen LogP contribution is -2.52. The van der Waals surface area contributed by atoms with E-state index in [1.165, 1.54) is 4.31 Å². The molecule has 3 rings (SSSR count). The van der Waals surface area contributed by atoms with Crippen molar-refractivity contribution >= 4 is 21.9 Å². The van der Waals surface area contributed by atoms with Gasteiger partial charge < -0.3 is 20.1 Å². The van der Waals surface area contributed by atoms with Crippen LogP contribution in [0.25, 0.3) is 0 Å². The molecule has 2 saturated heterocycles. The number of nitrogens with zero attached hydrogens (tertiary/aromatic N) is 3. The number of benzene rings is 1. The van der Waals surface area contributed by atoms with Crippen molar-refractivity contribution in [1.29, 1.82) is 0 Å². The summed E-state index contributed by atoms with van der Waals surface area (Å²) in [6.07, 6.45) is -3.08. The van der Waals surface area contributed by atoms with Crippen molar-refractivity contribution in [3.8, 4) is 5.75 Å². The van der Waals surface area contributed by atoms with E-state index in [-0.39, 0.29) is 23.4 Å². The van der Waals surface area contributed by atoms with Crippen LogP contribution in [0.3, 0.4) is 0 Å². The smallest absolute Gasteiger partial charge is 0.490 e. The number of hydrogen-bond acceptors (Lipinski definition) is 7. The minimum absolute atomic E-state index is 0.123. The third-order valence-electron chi connectivity index (χ3n) is 6.04. The first-order valence-corrected chi connectivity index (χ1v) is 13.0. The van der Waals surface area contributed by atoms with E-state index in [0.717, 1.165) is 39.0 Å². The molecule has 1 unspecified atom stereocenters. The van der Waals surface area contributed by atoms with Gasteiger partial charge in [0.25, 0.3) is 0 Å². The number of nitrogens with one attached hydrogen (secondary N) is 1. The number of carbonyl (C=O) groups excluding carboxylic acids is 1. The Balaban J connectivity index is 0.000000572. The fraction of sp³-hybridized carbons (Fsp3) is 0.636. The molecule has 0 aliphatic carbocycles. The Morgan fingerprint density at radius 3 is 2.25 bits per heavy atom. The summed E-state index contributed by atoms with van der Waals surface area (Å²) in [5, 5.41) is 10.3. The number of carboxylic acids is 1. The van der Waals surface area contributed by atoms with Crippen LogP contribution in [-0.4, -0.2) is 111 Å². The molecule has 2 fully saturated rings. The van der Waals surface area contributed by atoms with Gasteiger partial charge in [-0.1, -0.05) is 6.92 Å². The summed E-state index contributed by atoms with van der Waals surface area (Å²) in [5.41, 5.74) is 0. The van der Waals surface area contributed by atoms with E-state index in [2.05, 4.69) is 17.1 Å². The van der Waals surface area contributed by atoms with Gasteiger partial charge in [-0.15, -0.1) is 0 Å². The molecule has 0 spiro atoms. The largest absolute Gasteiger partial charge is 0.497 e. The second kappa shape index (κ2) is 13.2. The minimum atomic E-state index is -5.08. The van der Waals surface area contributed by atoms with Crippen molar-refractivity contribution in [2.24, 2.45) is 0 Å². The van der Waals surface area contributed by atoms with E-state index in [1.807, 2.05) is 0 Å². The Hall–Kier alpha value is -2.42. The summed E-state index contributed by atoms with van der Waals surface area (Å²) in [6.45, 7) is 6.86. The highest BCUT2D eigenvalue weighted by molar-refractivity contribution is 7.89. The number of sulfonamides is 1. The summed E-state index contributed by atoms with van der Waals surface area (Å²) in [4.78, 5) is 26.0. The number of rotatable bonds is 8. The molecule has 204 valence electrons. The molecule has 2 N–H and O–H groups in total. The number of aliphatic carboxylic acids is 1. The van der Waals surface area contributed by atoms with Crippen LogP contribution < -0.4 is 10.1 Å². The average Bonchev–Trinajstić information content (AvgIpc) is 3.31. The van der Waals surface area contributed by atoms with E-state index < -0.39 is 22.2 Å². The maximum absolute atomic E-state index is 13.4. The highest BCUT2D eigenvalue weighted by atomic mass is 32.2. The maximum Gasteiger partial charge on any atom is 0.490 e. The fourth-order valence-corrected chi connectivity index (χ4v) is 5.49. The predicted octanol–water partition coefficient (Wildman–Crippen LogP) is 1.24. The van der Waals surface area contributed by atoms with Gasteiger partial charge in [0.2, 0.25) is 15.9 Å². The summed E-state index contributed by atoms with van der Waals surface area (Å²) in [5.74, 6) is -2.29. The van der Waals surface area contributed by atoms with Crippen LogP contribution in [0, 0.1) is 0 Å². The number of methoxy groups -OCH3 is 1. The van der Waals surface area contributed by atoms with Crippen LogP contribution in [0.15, 0.2) is 29.2 Å². The van der Waals surface area contributed by atoms with Crippen molar-refractivity contribution in [1.82, 2.24) is 19.4 Å². The fourth-order valence-electron chi connectivity index (χ4n) is 4.06. The van der Waals surface area contributed by atoms with Gasteiger partial charge in [0, 0.05) is 38.8 Å². The van der Waals surface area contributed by atoms with Crippen molar-refractivity contribution in [2.45, 2.75) is 36.9 Å². The molecule has 1 aromatic rings. The molecule has 2 aliphatic rings. The van der Waals surface area contributed by atoms with E-state index >= 15 is 0 Å². The third-order valence-corrected chi connectivity index (χ3v) is 7.87. The highest BCUT2D eigenvalue weighted by Crippen LogP contribution is 2.24. The second-order valence-corrected chi connectivity index (χ2v) is 10.3. The molecule has 1 aromatic carbocycles. The van der Waals surface area contributed by atoms with Crippen molar-refractivity contribution in [2.75, 3.05) is 59.5 Å². The summed E-state index contributed by atoms with van der Waals surface area (Å²) >= 11 is 0. The molecular weight excluding hydrogens is 505 g/mol. The van der Waals surface area contributed by atoms with Gasteiger partial charge in [0.1, 0.15) is 5.75 Å². The zero-order valence-electron chi connectivity index (χ0n) is 20.3. The normalized spacial score (nSPS) is 19.1. The molecule has 1 atom stereocenters. The van der Waals surface area contributed by atoms with Crippen LogP contribution in [0.5, 0.6) is 5.75 Å². The summed E-state index contributed by atoms with van der Waals surface area (Å²) in [6, 6.07) is 6.50. The molecule has 10 nitrogen and oxygen atoms in total. The first-order valence-electron chi connectivity index (χ1n) is 11.6. The summed E-state index contributed by atoms with van der Waals surface area (Å²) in [7, 11) is -2.25. The van der Waals surface area contributed by atoms with Gasteiger partial charge in [0.05, 0.1) is 18.6 Å². The van der Waals surface area contributed by atoms with Crippen LogP contribution >= 0.6 is 0 Å². The Kier molecular flexibility index (Phi) is 10.9. The zero-order chi connectivity index (χ0) is 26.9. The Bertz CT molecular complexity index is 969. The topological polar surface area (TPSA) is 119 Å². The number of piperazine rings is 1. The number of hydrogen-bond donors (Lipinski definition) is 2. The number of likely N-dealkylation sites (N-methyl/N-ethyl adjacent to an activating group) is 1. The van der Waals surface area contributed by atoms with Gasteiger partial charge in [-0.3, -0.25) is 9.69 Å². The van der Waals surface area contributed by atoms with Crippen molar-refractivity contribution in [3.63, 3.8) is 0 Å². The first kappa shape index (κ1) is 29.8. The minimum Gasteiger partial charge on any atom is -0.497 e. The van der Waals surface area contributed by atoms with E-state index in [4.69, 9.17) is 14.6 Å². The van der Waals surface area contributed by atoms with Crippen LogP contribution in [0.4, 0.5) is 13.2 Å². The molecule has 14 heteroatoms. The quantitative estimate of drug-likeness (QED) is 0.508. The zero-order valence-corrected chi connectivity index (χ0v) is 21.1. The Labute approximate surface area is 209 Å². The molecule has 0 radical (unpaired) electrons. The van der Waals surface area contributed by atoms with Gasteiger partial charge in [-0.2, -0.15) is 17.5 Å². The van der Waals surface area contributed by atoms with Crippen LogP contribution in [0.2, 0.25) is 0 Å². The SMILES string of the molecule is CCN1CCCC1CN(CC(=O)N1CCNCC1)S(=O)(=O)c1ccc(OC)cc1.O=C(O)C(F)(F)F. The number of likely N-dealkylation sites (tertiary alicyclic amines) is 1. The molecular formula is C22H33F3N4O6S. The third kappa shape index (κ3) is 8.32.